The van der Waals surface area contributed by atoms with Crippen molar-refractivity contribution >= 4 is 5.91 Å². The lowest BCUT2D eigenvalue weighted by Gasteiger charge is -2.61. The lowest BCUT2D eigenvalue weighted by atomic mass is 9.45. The maximum atomic E-state index is 13.2. The Kier molecular flexibility index (Phi) is 5.25. The fourth-order valence-electron chi connectivity index (χ4n) is 8.59. The highest BCUT2D eigenvalue weighted by Gasteiger charge is 2.70. The molecule has 3 fully saturated rings. The summed E-state index contributed by atoms with van der Waals surface area (Å²) in [4.78, 5) is 17.5. The summed E-state index contributed by atoms with van der Waals surface area (Å²) in [5.74, 6) is 1.97. The lowest BCUT2D eigenvalue weighted by molar-refractivity contribution is -0.00748. The molecule has 1 aromatic carbocycles. The Morgan fingerprint density at radius 1 is 1.21 bits per heavy atom. The van der Waals surface area contributed by atoms with E-state index in [-0.39, 0.29) is 22.8 Å². The molecule has 1 heterocycles. The molecule has 5 nitrogen and oxygen atoms in total. The number of nitrogens with zero attached hydrogens (tertiary/aromatic N) is 1. The second-order valence-corrected chi connectivity index (χ2v) is 11.5. The summed E-state index contributed by atoms with van der Waals surface area (Å²) in [6.07, 6.45) is 9.75. The van der Waals surface area contributed by atoms with E-state index in [1.165, 1.54) is 30.4 Å². The summed E-state index contributed by atoms with van der Waals surface area (Å²) in [6.45, 7) is 5.85. The van der Waals surface area contributed by atoms with E-state index in [0.29, 0.717) is 29.3 Å². The number of nitrogens with one attached hydrogen (secondary N) is 2. The zero-order valence-electron chi connectivity index (χ0n) is 20.4. The summed E-state index contributed by atoms with van der Waals surface area (Å²) in [5.41, 5.74) is 3.31. The molecule has 5 unspecified atom stereocenters. The molecule has 2 bridgehead atoms. The molecular weight excluding hydrogens is 422 g/mol. The summed E-state index contributed by atoms with van der Waals surface area (Å²) in [5, 5.41) is 18.0. The summed E-state index contributed by atoms with van der Waals surface area (Å²) in [6, 6.07) is 12.1. The van der Waals surface area contributed by atoms with Crippen LogP contribution in [-0.2, 0) is 11.8 Å². The number of hydrogen-bond acceptors (Lipinski definition) is 4. The number of aromatic hydroxyl groups is 1. The SMILES string of the molecule is CCC12c3cc(O)ccc3CC(NCC3CC3)C13CCC(NC(=O)c1ccccn1)C2[C@@H](C)C3. The predicted octanol–water partition coefficient (Wildman–Crippen LogP) is 4.59. The summed E-state index contributed by atoms with van der Waals surface area (Å²) in [7, 11) is 0. The first-order valence-corrected chi connectivity index (χ1v) is 13.3. The smallest absolute Gasteiger partial charge is 0.270 e. The van der Waals surface area contributed by atoms with Gasteiger partial charge in [0.2, 0.25) is 0 Å². The van der Waals surface area contributed by atoms with Crippen LogP contribution in [0.1, 0.15) is 74.0 Å². The van der Waals surface area contributed by atoms with Crippen molar-refractivity contribution in [2.45, 2.75) is 76.3 Å². The van der Waals surface area contributed by atoms with Crippen molar-refractivity contribution in [3.63, 3.8) is 0 Å². The maximum absolute atomic E-state index is 13.2. The molecule has 1 aromatic heterocycles. The predicted molar refractivity (Wildman–Crippen MR) is 133 cm³/mol. The molecule has 5 heteroatoms. The lowest BCUT2D eigenvalue weighted by Crippen LogP contribution is -2.65. The topological polar surface area (TPSA) is 74.2 Å². The van der Waals surface area contributed by atoms with Crippen molar-refractivity contribution < 1.29 is 9.90 Å². The first-order chi connectivity index (χ1) is 16.5. The number of hydrogen-bond donors (Lipinski definition) is 3. The third-order valence-electron chi connectivity index (χ3n) is 9.88. The Bertz CT molecular complexity index is 1080. The third kappa shape index (κ3) is 3.16. The first-order valence-electron chi connectivity index (χ1n) is 13.3. The highest BCUT2D eigenvalue weighted by atomic mass is 16.3. The van der Waals surface area contributed by atoms with E-state index in [4.69, 9.17) is 0 Å². The van der Waals surface area contributed by atoms with Crippen molar-refractivity contribution in [1.29, 1.82) is 0 Å². The molecule has 1 amide bonds. The van der Waals surface area contributed by atoms with Crippen LogP contribution in [0.15, 0.2) is 42.6 Å². The standard InChI is InChI=1S/C29H37N3O2/c1-3-29-22-15-21(33)10-9-20(22)14-25(31-17-19-7-8-19)28(29)12-11-23(26(29)18(2)16-28)32-27(34)24-6-4-5-13-30-24/h4-6,9-10,13,15,18-19,23,25-26,31,33H,3,7-8,11-12,14,16-17H2,1-2H3,(H,32,34)/t18-,23?,25?,26?,28?,29?/m0/s1. The monoisotopic (exact) mass is 459 g/mol. The van der Waals surface area contributed by atoms with Gasteiger partial charge in [-0.3, -0.25) is 9.78 Å². The van der Waals surface area contributed by atoms with Crippen molar-refractivity contribution in [2.24, 2.45) is 23.2 Å². The number of carbonyl (C=O) groups is 1. The molecule has 0 spiro atoms. The quantitative estimate of drug-likeness (QED) is 0.591. The van der Waals surface area contributed by atoms with Crippen molar-refractivity contribution in [3.8, 4) is 5.75 Å². The highest BCUT2D eigenvalue weighted by Crippen LogP contribution is 2.71. The first kappa shape index (κ1) is 22.1. The highest BCUT2D eigenvalue weighted by molar-refractivity contribution is 5.92. The molecule has 6 atom stereocenters. The second-order valence-electron chi connectivity index (χ2n) is 11.5. The zero-order chi connectivity index (χ0) is 23.5. The van der Waals surface area contributed by atoms with Crippen LogP contribution in [0.3, 0.4) is 0 Å². The van der Waals surface area contributed by atoms with Crippen LogP contribution in [-0.4, -0.2) is 34.6 Å². The number of aromatic nitrogens is 1. The van der Waals surface area contributed by atoms with Crippen LogP contribution in [0.4, 0.5) is 0 Å². The summed E-state index contributed by atoms with van der Waals surface area (Å²) < 4.78 is 0. The van der Waals surface area contributed by atoms with Gasteiger partial charge in [0.15, 0.2) is 0 Å². The Balaban J connectivity index is 1.42. The molecule has 4 aliphatic rings. The minimum absolute atomic E-state index is 0.0553. The fraction of sp³-hybridized carbons (Fsp3) is 0.586. The molecular formula is C29H37N3O2. The van der Waals surface area contributed by atoms with Gasteiger partial charge < -0.3 is 15.7 Å². The molecule has 2 aromatic rings. The number of rotatable bonds is 6. The number of pyridine rings is 1. The van der Waals surface area contributed by atoms with E-state index in [9.17, 15) is 9.90 Å². The fourth-order valence-corrected chi connectivity index (χ4v) is 8.59. The van der Waals surface area contributed by atoms with Gasteiger partial charge in [-0.1, -0.05) is 26.0 Å². The minimum atomic E-state index is -0.0706. The van der Waals surface area contributed by atoms with E-state index >= 15 is 0 Å². The normalized spacial score (nSPS) is 35.9. The molecule has 3 N–H and O–H groups in total. The van der Waals surface area contributed by atoms with Gasteiger partial charge in [0.1, 0.15) is 11.4 Å². The molecule has 4 aliphatic carbocycles. The number of amides is 1. The van der Waals surface area contributed by atoms with Gasteiger partial charge in [0, 0.05) is 23.7 Å². The average molecular weight is 460 g/mol. The second kappa shape index (κ2) is 8.08. The van der Waals surface area contributed by atoms with E-state index < -0.39 is 0 Å². The number of fused-ring (bicyclic) bond motifs is 1. The van der Waals surface area contributed by atoms with Crippen LogP contribution < -0.4 is 10.6 Å². The van der Waals surface area contributed by atoms with Crippen molar-refractivity contribution in [2.75, 3.05) is 6.54 Å². The largest absolute Gasteiger partial charge is 0.508 e. The van der Waals surface area contributed by atoms with Gasteiger partial charge in [-0.25, -0.2) is 0 Å². The van der Waals surface area contributed by atoms with Gasteiger partial charge in [0.25, 0.3) is 5.91 Å². The van der Waals surface area contributed by atoms with Crippen LogP contribution in [0.5, 0.6) is 5.75 Å². The average Bonchev–Trinajstić information content (AvgIpc) is 3.65. The number of phenolic OH excluding ortho intramolecular Hbond substituents is 1. The van der Waals surface area contributed by atoms with Crippen LogP contribution >= 0.6 is 0 Å². The van der Waals surface area contributed by atoms with Crippen LogP contribution in [0.2, 0.25) is 0 Å². The van der Waals surface area contributed by atoms with E-state index in [0.717, 1.165) is 38.1 Å². The molecule has 180 valence electrons. The zero-order valence-corrected chi connectivity index (χ0v) is 20.4. The number of phenols is 1. The molecule has 0 aliphatic heterocycles. The van der Waals surface area contributed by atoms with Gasteiger partial charge in [-0.2, -0.15) is 0 Å². The van der Waals surface area contributed by atoms with Crippen LogP contribution in [0.25, 0.3) is 0 Å². The van der Waals surface area contributed by atoms with Crippen molar-refractivity contribution in [1.82, 2.24) is 15.6 Å². The molecule has 0 saturated heterocycles. The molecule has 0 radical (unpaired) electrons. The summed E-state index contributed by atoms with van der Waals surface area (Å²) >= 11 is 0. The van der Waals surface area contributed by atoms with Crippen LogP contribution in [0, 0.1) is 23.2 Å². The van der Waals surface area contributed by atoms with E-state index in [2.05, 4.69) is 41.6 Å². The van der Waals surface area contributed by atoms with E-state index in [1.54, 1.807) is 12.3 Å². The minimum Gasteiger partial charge on any atom is -0.508 e. The van der Waals surface area contributed by atoms with Gasteiger partial charge in [0.05, 0.1) is 0 Å². The van der Waals surface area contributed by atoms with Crippen molar-refractivity contribution in [3.05, 3.63) is 59.4 Å². The van der Waals surface area contributed by atoms with Gasteiger partial charge in [-0.05, 0) is 110 Å². The number of benzene rings is 1. The Hall–Kier alpha value is -2.40. The molecule has 6 rings (SSSR count). The number of carbonyl (C=O) groups excluding carboxylic acids is 1. The molecule has 3 saturated carbocycles. The van der Waals surface area contributed by atoms with Gasteiger partial charge in [-0.15, -0.1) is 0 Å². The maximum Gasteiger partial charge on any atom is 0.270 e. The Morgan fingerprint density at radius 3 is 2.79 bits per heavy atom. The third-order valence-corrected chi connectivity index (χ3v) is 9.88. The Labute approximate surface area is 202 Å². The van der Waals surface area contributed by atoms with E-state index in [1.807, 2.05) is 18.2 Å². The molecule has 34 heavy (non-hydrogen) atoms. The Morgan fingerprint density at radius 2 is 2.06 bits per heavy atom. The van der Waals surface area contributed by atoms with Gasteiger partial charge >= 0.3 is 0 Å².